The van der Waals surface area contributed by atoms with Gasteiger partial charge in [0.1, 0.15) is 30.0 Å². The molecule has 0 aliphatic carbocycles. The smallest absolute Gasteiger partial charge is 0.243 e. The summed E-state index contributed by atoms with van der Waals surface area (Å²) in [6.45, 7) is 1.16. The second kappa shape index (κ2) is 26.8. The van der Waals surface area contributed by atoms with Gasteiger partial charge in [-0.3, -0.25) is 44.2 Å². The summed E-state index contributed by atoms with van der Waals surface area (Å²) in [5.41, 5.74) is 34.4. The van der Waals surface area contributed by atoms with E-state index in [9.17, 15) is 28.8 Å². The molecule has 4 atom stereocenters. The van der Waals surface area contributed by atoms with E-state index in [1.54, 1.807) is 24.3 Å². The minimum Gasteiger partial charge on any atom is -0.384 e. The van der Waals surface area contributed by atoms with Crippen LogP contribution < -0.4 is 66.3 Å². The largest absolute Gasteiger partial charge is 0.384 e. The molecule has 21 heteroatoms. The SMILES string of the molecule is N=C(N)c1ccc(CNC(=O)[C@H](CCCCN)NC(=O)[C@@H]2CCCCNC(=O)CCCC(=O)N[C@@H](CCCN=C(N)N)C(=O)N[C@@H](CCCN=C(N)N)C(=O)N2)cc1. The lowest BCUT2D eigenvalue weighted by molar-refractivity contribution is -0.135. The second-order valence-electron chi connectivity index (χ2n) is 14.0. The maximum Gasteiger partial charge on any atom is 0.243 e. The lowest BCUT2D eigenvalue weighted by Gasteiger charge is -2.27. The molecule has 322 valence electrons. The Hall–Kier alpha value is -5.99. The van der Waals surface area contributed by atoms with Crippen LogP contribution in [0, 0.1) is 5.41 Å². The van der Waals surface area contributed by atoms with Crippen molar-refractivity contribution in [2.24, 2.45) is 44.4 Å². The highest BCUT2D eigenvalue weighted by Crippen LogP contribution is 2.10. The molecule has 6 amide bonds. The number of nitrogens with one attached hydrogen (secondary N) is 7. The highest BCUT2D eigenvalue weighted by Gasteiger charge is 2.31. The van der Waals surface area contributed by atoms with Crippen LogP contribution >= 0.6 is 0 Å². The van der Waals surface area contributed by atoms with E-state index in [0.717, 1.165) is 5.56 Å². The van der Waals surface area contributed by atoms with Crippen LogP contribution in [-0.2, 0) is 35.3 Å². The molecule has 0 aromatic heterocycles. The van der Waals surface area contributed by atoms with Crippen LogP contribution in [0.5, 0.6) is 0 Å². The van der Waals surface area contributed by atoms with Gasteiger partial charge in [-0.25, -0.2) is 0 Å². The van der Waals surface area contributed by atoms with Gasteiger partial charge in [-0.2, -0.15) is 0 Å². The monoisotopic (exact) mass is 814 g/mol. The van der Waals surface area contributed by atoms with Crippen molar-refractivity contribution in [1.82, 2.24) is 31.9 Å². The van der Waals surface area contributed by atoms with Gasteiger partial charge in [0.25, 0.3) is 0 Å². The maximum atomic E-state index is 14.0. The molecule has 1 aromatic rings. The zero-order valence-corrected chi connectivity index (χ0v) is 33.2. The fraction of sp³-hybridized carbons (Fsp3) is 0.595. The van der Waals surface area contributed by atoms with Gasteiger partial charge < -0.3 is 66.3 Å². The number of amidine groups is 1. The second-order valence-corrected chi connectivity index (χ2v) is 14.0. The van der Waals surface area contributed by atoms with Gasteiger partial charge in [0.2, 0.25) is 35.4 Å². The number of unbranched alkanes of at least 4 members (excludes halogenated alkanes) is 1. The number of nitrogens with zero attached hydrogens (tertiary/aromatic N) is 2. The van der Waals surface area contributed by atoms with E-state index < -0.39 is 53.7 Å². The zero-order chi connectivity index (χ0) is 42.9. The van der Waals surface area contributed by atoms with Crippen LogP contribution in [0.4, 0.5) is 0 Å². The zero-order valence-electron chi connectivity index (χ0n) is 33.2. The predicted octanol–water partition coefficient (Wildman–Crippen LogP) is -2.77. The number of hydrogen-bond donors (Lipinski definition) is 13. The summed E-state index contributed by atoms with van der Waals surface area (Å²) >= 11 is 0. The van der Waals surface area contributed by atoms with Crippen LogP contribution in [0.15, 0.2) is 34.3 Å². The third-order valence-corrected chi connectivity index (χ3v) is 9.17. The molecule has 0 unspecified atom stereocenters. The van der Waals surface area contributed by atoms with Gasteiger partial charge in [-0.1, -0.05) is 24.3 Å². The van der Waals surface area contributed by atoms with Crippen molar-refractivity contribution < 1.29 is 28.8 Å². The summed E-state index contributed by atoms with van der Waals surface area (Å²) in [5.74, 6) is -3.50. The average Bonchev–Trinajstić information content (AvgIpc) is 3.17. The van der Waals surface area contributed by atoms with Crippen LogP contribution in [0.1, 0.15) is 94.6 Å². The van der Waals surface area contributed by atoms with E-state index >= 15 is 0 Å². The van der Waals surface area contributed by atoms with Crippen molar-refractivity contribution >= 4 is 53.2 Å². The summed E-state index contributed by atoms with van der Waals surface area (Å²) in [6, 6.07) is 2.42. The van der Waals surface area contributed by atoms with Crippen molar-refractivity contribution in [3.8, 4) is 0 Å². The summed E-state index contributed by atoms with van der Waals surface area (Å²) in [5, 5.41) is 24.2. The molecule has 58 heavy (non-hydrogen) atoms. The van der Waals surface area contributed by atoms with Crippen LogP contribution in [0.25, 0.3) is 0 Å². The Bertz CT molecular complexity index is 1580. The lowest BCUT2D eigenvalue weighted by atomic mass is 10.0. The van der Waals surface area contributed by atoms with E-state index in [1.165, 1.54) is 0 Å². The number of guanidine groups is 2. The first kappa shape index (κ1) is 48.2. The lowest BCUT2D eigenvalue weighted by Crippen LogP contribution is -2.58. The molecule has 2 rings (SSSR count). The van der Waals surface area contributed by atoms with Crippen molar-refractivity contribution in [1.29, 1.82) is 5.41 Å². The molecule has 1 heterocycles. The quantitative estimate of drug-likeness (QED) is 0.0407. The third kappa shape index (κ3) is 19.7. The average molecular weight is 814 g/mol. The van der Waals surface area contributed by atoms with Crippen molar-refractivity contribution in [2.75, 3.05) is 26.2 Å². The number of nitrogen functional groups attached to an aromatic ring is 1. The van der Waals surface area contributed by atoms with E-state index in [2.05, 4.69) is 41.9 Å². The van der Waals surface area contributed by atoms with Crippen LogP contribution in [-0.4, -0.2) is 104 Å². The summed E-state index contributed by atoms with van der Waals surface area (Å²) in [4.78, 5) is 88.5. The number of rotatable bonds is 18. The summed E-state index contributed by atoms with van der Waals surface area (Å²) in [6.07, 6.45) is 3.52. The van der Waals surface area contributed by atoms with Gasteiger partial charge in [-0.05, 0) is 82.7 Å². The first-order valence-corrected chi connectivity index (χ1v) is 19.7. The molecule has 0 bridgehead atoms. The van der Waals surface area contributed by atoms with Crippen molar-refractivity contribution in [3.63, 3.8) is 0 Å². The van der Waals surface area contributed by atoms with Gasteiger partial charge in [0, 0.05) is 44.6 Å². The van der Waals surface area contributed by atoms with Gasteiger partial charge in [-0.15, -0.1) is 0 Å². The van der Waals surface area contributed by atoms with E-state index in [-0.39, 0.29) is 94.7 Å². The number of carbonyl (C=O) groups excluding carboxylic acids is 6. The normalized spacial score (nSPS) is 19.0. The molecular formula is C37H63N15O6. The topological polar surface area (TPSA) is 379 Å². The predicted molar refractivity (Wildman–Crippen MR) is 220 cm³/mol. The highest BCUT2D eigenvalue weighted by molar-refractivity contribution is 5.96. The Morgan fingerprint density at radius 1 is 0.776 bits per heavy atom. The molecule has 0 spiro atoms. The van der Waals surface area contributed by atoms with Crippen molar-refractivity contribution in [3.05, 3.63) is 35.4 Å². The van der Waals surface area contributed by atoms with Gasteiger partial charge in [0.15, 0.2) is 11.9 Å². The first-order valence-electron chi connectivity index (χ1n) is 19.7. The Morgan fingerprint density at radius 3 is 1.98 bits per heavy atom. The number of nitrogens with two attached hydrogens (primary N) is 6. The summed E-state index contributed by atoms with van der Waals surface area (Å²) in [7, 11) is 0. The number of amides is 6. The van der Waals surface area contributed by atoms with Crippen LogP contribution in [0.3, 0.4) is 0 Å². The van der Waals surface area contributed by atoms with Crippen molar-refractivity contribution in [2.45, 2.75) is 114 Å². The van der Waals surface area contributed by atoms with Gasteiger partial charge >= 0.3 is 0 Å². The minimum atomic E-state index is -1.18. The van der Waals surface area contributed by atoms with E-state index in [1.807, 2.05) is 0 Å². The molecule has 1 fully saturated rings. The summed E-state index contributed by atoms with van der Waals surface area (Å²) < 4.78 is 0. The molecule has 1 aromatic carbocycles. The Balaban J connectivity index is 2.37. The van der Waals surface area contributed by atoms with Gasteiger partial charge in [0.05, 0.1) is 0 Å². The molecule has 1 aliphatic heterocycles. The number of aliphatic imine (C=N–C) groups is 2. The molecule has 1 saturated heterocycles. The molecule has 1 aliphatic rings. The number of carbonyl (C=O) groups is 6. The molecule has 0 radical (unpaired) electrons. The van der Waals surface area contributed by atoms with E-state index in [4.69, 9.17) is 39.8 Å². The molecule has 0 saturated carbocycles. The number of benzene rings is 1. The maximum absolute atomic E-state index is 14.0. The standard InChI is InChI=1S/C37H63N15O6/c38-18-3-1-8-25(32(55)48-22-23-14-16-24(17-15-23)31(39)40)50-34(57)27-9-2-4-19-45-29(53)12-5-13-30(54)49-26(10-6-20-46-36(41)42)33(56)52-28(35(58)51-27)11-7-21-47-37(43)44/h14-17,25-28H,1-13,18-22,38H2,(H3,39,40)(H,45,53)(H,48,55)(H,49,54)(H,50,57)(H,51,58)(H,52,56)(H4,41,42,46)(H4,43,44,47)/t25-,26-,27-,28-/m0/s1. The highest BCUT2D eigenvalue weighted by atomic mass is 16.2. The first-order chi connectivity index (χ1) is 27.7. The fourth-order valence-electron chi connectivity index (χ4n) is 5.97. The van der Waals surface area contributed by atoms with E-state index in [0.29, 0.717) is 50.8 Å². The fourth-order valence-corrected chi connectivity index (χ4v) is 5.97. The van der Waals surface area contributed by atoms with Crippen LogP contribution in [0.2, 0.25) is 0 Å². The third-order valence-electron chi connectivity index (χ3n) is 9.17. The Morgan fingerprint density at radius 2 is 1.38 bits per heavy atom. The molecule has 21 nitrogen and oxygen atoms in total. The molecular weight excluding hydrogens is 751 g/mol. The minimum absolute atomic E-state index is 0.0101. The Labute approximate surface area is 339 Å². The molecule has 19 N–H and O–H groups in total. The number of hydrogen-bond acceptors (Lipinski definition) is 10. The Kier molecular flexibility index (Phi) is 22.2.